The summed E-state index contributed by atoms with van der Waals surface area (Å²) in [6.07, 6.45) is 3.90. The fourth-order valence-electron chi connectivity index (χ4n) is 6.75. The van der Waals surface area contributed by atoms with Crippen molar-refractivity contribution in [2.45, 2.75) is 78.1 Å². The molecule has 2 heterocycles. The van der Waals surface area contributed by atoms with Gasteiger partial charge in [-0.15, -0.1) is 0 Å². The molecule has 0 saturated carbocycles. The number of rotatable bonds is 14. The topological polar surface area (TPSA) is 138 Å². The first kappa shape index (κ1) is 39.6. The van der Waals surface area contributed by atoms with E-state index in [0.29, 0.717) is 58.6 Å². The van der Waals surface area contributed by atoms with Gasteiger partial charge in [-0.25, -0.2) is 13.6 Å². The second kappa shape index (κ2) is 18.3. The summed E-state index contributed by atoms with van der Waals surface area (Å²) >= 11 is 0. The van der Waals surface area contributed by atoms with Gasteiger partial charge in [0.1, 0.15) is 23.4 Å². The number of hydrogen-bond donors (Lipinski definition) is 4. The Balaban J connectivity index is 1.42. The molecule has 2 amide bonds. The van der Waals surface area contributed by atoms with Crippen LogP contribution in [0, 0.1) is 30.4 Å². The molecule has 0 aliphatic carbocycles. The lowest BCUT2D eigenvalue weighted by molar-refractivity contribution is -0.148. The molecule has 2 fully saturated rings. The molecule has 0 spiro atoms. The smallest absolute Gasteiger partial charge is 0.407 e. The molecule has 2 saturated heterocycles. The Kier molecular flexibility index (Phi) is 14.2. The van der Waals surface area contributed by atoms with E-state index in [4.69, 9.17) is 15.2 Å². The van der Waals surface area contributed by atoms with E-state index in [2.05, 4.69) is 37.9 Å². The van der Waals surface area contributed by atoms with Crippen molar-refractivity contribution in [1.82, 2.24) is 20.9 Å². The molecule has 2 aromatic carbocycles. The second-order valence-corrected chi connectivity index (χ2v) is 14.3. The summed E-state index contributed by atoms with van der Waals surface area (Å²) in [6.45, 7) is 13.1. The summed E-state index contributed by atoms with van der Waals surface area (Å²) < 4.78 is 39.5. The van der Waals surface area contributed by atoms with Crippen LogP contribution in [0.4, 0.5) is 19.3 Å². The third-order valence-corrected chi connectivity index (χ3v) is 9.22. The molecule has 0 radical (unpaired) electrons. The van der Waals surface area contributed by atoms with Gasteiger partial charge in [0.25, 0.3) is 0 Å². The molecule has 2 aromatic rings. The lowest BCUT2D eigenvalue weighted by Crippen LogP contribution is -2.47. The minimum Gasteiger partial charge on any atom is -0.466 e. The van der Waals surface area contributed by atoms with Crippen LogP contribution in [-0.4, -0.2) is 80.5 Å². The van der Waals surface area contributed by atoms with E-state index in [0.717, 1.165) is 36.0 Å². The fraction of sp³-hybridized carbons (Fsp3) is 0.553. The van der Waals surface area contributed by atoms with E-state index < -0.39 is 41.3 Å². The zero-order valence-electron chi connectivity index (χ0n) is 30.5. The monoisotopic (exact) mass is 712 g/mol. The number of piperidine rings is 1. The number of carbonyl (C=O) groups is 3. The third-order valence-electron chi connectivity index (χ3n) is 9.22. The number of nitrogens with zero attached hydrogens (tertiary/aromatic N) is 2. The summed E-state index contributed by atoms with van der Waals surface area (Å²) in [5.41, 5.74) is 8.67. The van der Waals surface area contributed by atoms with Gasteiger partial charge in [0.2, 0.25) is 5.91 Å². The molecule has 3 atom stereocenters. The van der Waals surface area contributed by atoms with Crippen molar-refractivity contribution in [3.8, 4) is 0 Å². The average molecular weight is 713 g/mol. The third kappa shape index (κ3) is 11.6. The van der Waals surface area contributed by atoms with Crippen molar-refractivity contribution in [3.63, 3.8) is 0 Å². The number of amides is 2. The standard InChI is InChI=1S/C38H54F2N6O5/c1-6-50-36(48)26-13-18-46(19-14-26)33-20-25(2)8-9-27(33)22-43-34(12-15-41)44-35(47)31-24-45(17-7-16-42-37(49)51-38(3,4)5)23-30(31)29-11-10-28(39)21-32(29)40/h8-12,15,20-21,26,30-31,34,43H,6-7,13-14,16-19,22-24,41H2,1-5H3,(H,42,49)(H,44,47)/b15-12-/t30-,31?,34+/m0/s1. The molecule has 1 unspecified atom stereocenters. The summed E-state index contributed by atoms with van der Waals surface area (Å²) in [7, 11) is 0. The van der Waals surface area contributed by atoms with Gasteiger partial charge in [-0.2, -0.15) is 0 Å². The van der Waals surface area contributed by atoms with Gasteiger partial charge in [-0.3, -0.25) is 14.9 Å². The summed E-state index contributed by atoms with van der Waals surface area (Å²) in [6, 6.07) is 9.69. The van der Waals surface area contributed by atoms with E-state index in [1.807, 2.05) is 19.9 Å². The van der Waals surface area contributed by atoms with Gasteiger partial charge in [0, 0.05) is 56.9 Å². The van der Waals surface area contributed by atoms with Crippen LogP contribution < -0.4 is 26.6 Å². The Hall–Kier alpha value is -4.23. The predicted molar refractivity (Wildman–Crippen MR) is 193 cm³/mol. The van der Waals surface area contributed by atoms with Crippen molar-refractivity contribution in [1.29, 1.82) is 0 Å². The quantitative estimate of drug-likeness (QED) is 0.125. The normalized spacial score (nSPS) is 19.2. The maximum atomic E-state index is 15.1. The van der Waals surface area contributed by atoms with Gasteiger partial charge in [0.15, 0.2) is 0 Å². The maximum Gasteiger partial charge on any atom is 0.407 e. The van der Waals surface area contributed by atoms with Crippen molar-refractivity contribution < 1.29 is 32.6 Å². The molecule has 2 aliphatic rings. The van der Waals surface area contributed by atoms with Crippen molar-refractivity contribution >= 4 is 23.7 Å². The van der Waals surface area contributed by atoms with Crippen molar-refractivity contribution in [2.24, 2.45) is 17.6 Å². The highest BCUT2D eigenvalue weighted by Crippen LogP contribution is 2.35. The Morgan fingerprint density at radius 2 is 1.82 bits per heavy atom. The van der Waals surface area contributed by atoms with E-state index in [1.54, 1.807) is 26.8 Å². The van der Waals surface area contributed by atoms with Crippen molar-refractivity contribution in [2.75, 3.05) is 50.8 Å². The van der Waals surface area contributed by atoms with Crippen LogP contribution >= 0.6 is 0 Å². The van der Waals surface area contributed by atoms with Gasteiger partial charge in [0.05, 0.1) is 18.4 Å². The molecule has 51 heavy (non-hydrogen) atoms. The first-order valence-electron chi connectivity index (χ1n) is 17.8. The molecule has 13 heteroatoms. The highest BCUT2D eigenvalue weighted by Gasteiger charge is 2.40. The number of esters is 1. The van der Waals surface area contributed by atoms with Crippen LogP contribution in [-0.2, 0) is 25.6 Å². The molecule has 280 valence electrons. The van der Waals surface area contributed by atoms with Gasteiger partial charge >= 0.3 is 12.1 Å². The molecule has 11 nitrogen and oxygen atoms in total. The Morgan fingerprint density at radius 3 is 2.49 bits per heavy atom. The number of likely N-dealkylation sites (tertiary alicyclic amines) is 1. The lowest BCUT2D eigenvalue weighted by atomic mass is 9.88. The highest BCUT2D eigenvalue weighted by atomic mass is 19.1. The maximum absolute atomic E-state index is 15.1. The van der Waals surface area contributed by atoms with E-state index in [-0.39, 0.29) is 23.4 Å². The number of alkyl carbamates (subject to hydrolysis) is 1. The molecule has 0 aromatic heterocycles. The predicted octanol–water partition coefficient (Wildman–Crippen LogP) is 4.69. The lowest BCUT2D eigenvalue weighted by Gasteiger charge is -2.34. The zero-order chi connectivity index (χ0) is 37.1. The van der Waals surface area contributed by atoms with E-state index in [9.17, 15) is 18.8 Å². The summed E-state index contributed by atoms with van der Waals surface area (Å²) in [5.74, 6) is -3.06. The van der Waals surface area contributed by atoms with Crippen LogP contribution in [0.3, 0.4) is 0 Å². The second-order valence-electron chi connectivity index (χ2n) is 14.3. The number of aryl methyl sites for hydroxylation is 1. The van der Waals surface area contributed by atoms with Crippen LogP contribution in [0.5, 0.6) is 0 Å². The largest absolute Gasteiger partial charge is 0.466 e. The molecule has 2 aliphatic heterocycles. The fourth-order valence-corrected chi connectivity index (χ4v) is 6.75. The molecular weight excluding hydrogens is 658 g/mol. The number of anilines is 1. The number of hydrogen-bond acceptors (Lipinski definition) is 9. The van der Waals surface area contributed by atoms with Crippen molar-refractivity contribution in [3.05, 3.63) is 77.0 Å². The Bertz CT molecular complexity index is 1520. The molecule has 0 bridgehead atoms. The summed E-state index contributed by atoms with van der Waals surface area (Å²) in [5, 5.41) is 9.19. The highest BCUT2D eigenvalue weighted by molar-refractivity contribution is 5.81. The number of carbonyl (C=O) groups excluding carboxylic acids is 3. The minimum atomic E-state index is -0.694. The van der Waals surface area contributed by atoms with E-state index >= 15 is 4.39 Å². The van der Waals surface area contributed by atoms with Gasteiger partial charge in [-0.1, -0.05) is 18.2 Å². The average Bonchev–Trinajstić information content (AvgIpc) is 3.49. The van der Waals surface area contributed by atoms with Gasteiger partial charge < -0.3 is 35.6 Å². The SMILES string of the molecule is CCOC(=O)C1CCN(c2cc(C)ccc2CN[C@@H](/C=C\N)NC(=O)C2CN(CCCNC(=O)OC(C)(C)C)C[C@H]2c2ccc(F)cc2F)CC1. The van der Waals surface area contributed by atoms with Crippen LogP contribution in [0.1, 0.15) is 69.6 Å². The zero-order valence-corrected chi connectivity index (χ0v) is 30.5. The van der Waals surface area contributed by atoms with E-state index in [1.165, 1.54) is 18.3 Å². The first-order valence-corrected chi connectivity index (χ1v) is 17.8. The Morgan fingerprint density at radius 1 is 1.08 bits per heavy atom. The number of nitrogens with two attached hydrogens (primary N) is 1. The first-order chi connectivity index (χ1) is 24.3. The summed E-state index contributed by atoms with van der Waals surface area (Å²) in [4.78, 5) is 42.6. The Labute approximate surface area is 300 Å². The molecule has 4 rings (SSSR count). The minimum absolute atomic E-state index is 0.102. The molecular formula is C38H54F2N6O5. The number of ether oxygens (including phenoxy) is 2. The number of halogens is 2. The number of benzene rings is 2. The van der Waals surface area contributed by atoms with Gasteiger partial charge in [-0.05, 0) is 102 Å². The van der Waals surface area contributed by atoms with Crippen LogP contribution in [0.25, 0.3) is 0 Å². The molecule has 5 N–H and O–H groups in total. The number of nitrogens with one attached hydrogen (secondary N) is 3. The van der Waals surface area contributed by atoms with Crippen LogP contribution in [0.2, 0.25) is 0 Å². The van der Waals surface area contributed by atoms with Crippen LogP contribution in [0.15, 0.2) is 48.7 Å².